The standard InChI is InChI=1S/C13H10F3N5O3/c14-13(15,16)8-3-1-7(2-4-8)6-17-20-10(22)5-9-11(23)18-12(24)21-19-9/h1-4,6H,5H2,(H,20,22)(H2,18,21,23,24)/b17-6+. The summed E-state index contributed by atoms with van der Waals surface area (Å²) in [7, 11) is 0. The zero-order chi connectivity index (χ0) is 17.7. The third-order valence-corrected chi connectivity index (χ3v) is 2.75. The number of nitrogens with one attached hydrogen (secondary N) is 3. The molecule has 3 N–H and O–H groups in total. The van der Waals surface area contributed by atoms with Crippen molar-refractivity contribution in [3.8, 4) is 0 Å². The number of aromatic nitrogens is 3. The summed E-state index contributed by atoms with van der Waals surface area (Å²) in [4.78, 5) is 35.6. The Bertz CT molecular complexity index is 868. The summed E-state index contributed by atoms with van der Waals surface area (Å²) in [5.74, 6) is -0.691. The quantitative estimate of drug-likeness (QED) is 0.542. The number of benzene rings is 1. The smallest absolute Gasteiger partial charge is 0.273 e. The lowest BCUT2D eigenvalue weighted by atomic mass is 10.1. The van der Waals surface area contributed by atoms with Crippen LogP contribution in [0.25, 0.3) is 0 Å². The van der Waals surface area contributed by atoms with Crippen LogP contribution in [0.4, 0.5) is 13.2 Å². The van der Waals surface area contributed by atoms with E-state index in [1.54, 1.807) is 0 Å². The van der Waals surface area contributed by atoms with Crippen LogP contribution in [0.1, 0.15) is 16.8 Å². The molecule has 11 heteroatoms. The molecule has 0 fully saturated rings. The molecule has 0 atom stereocenters. The Morgan fingerprint density at radius 2 is 1.92 bits per heavy atom. The molecule has 24 heavy (non-hydrogen) atoms. The summed E-state index contributed by atoms with van der Waals surface area (Å²) in [6.45, 7) is 0. The molecule has 1 heterocycles. The third-order valence-electron chi connectivity index (χ3n) is 2.75. The number of carbonyl (C=O) groups is 1. The first kappa shape index (κ1) is 17.1. The minimum Gasteiger partial charge on any atom is -0.273 e. The number of alkyl halides is 3. The molecule has 0 unspecified atom stereocenters. The molecule has 0 saturated carbocycles. The monoisotopic (exact) mass is 341 g/mol. The fourth-order valence-corrected chi connectivity index (χ4v) is 1.62. The SMILES string of the molecule is O=C(Cc1n[nH]c(=O)[nH]c1=O)N/N=C/c1ccc(C(F)(F)F)cc1. The second-order valence-corrected chi connectivity index (χ2v) is 4.54. The Labute approximate surface area is 131 Å². The van der Waals surface area contributed by atoms with Crippen LogP contribution in [0.5, 0.6) is 0 Å². The maximum Gasteiger partial charge on any atom is 0.416 e. The van der Waals surface area contributed by atoms with Crippen LogP contribution in [-0.2, 0) is 17.4 Å². The maximum atomic E-state index is 12.4. The highest BCUT2D eigenvalue weighted by Crippen LogP contribution is 2.28. The average Bonchev–Trinajstić information content (AvgIpc) is 2.50. The van der Waals surface area contributed by atoms with Crippen molar-refractivity contribution in [1.82, 2.24) is 20.6 Å². The average molecular weight is 341 g/mol. The van der Waals surface area contributed by atoms with Gasteiger partial charge in [-0.05, 0) is 17.7 Å². The van der Waals surface area contributed by atoms with Crippen molar-refractivity contribution >= 4 is 12.1 Å². The summed E-state index contributed by atoms with van der Waals surface area (Å²) in [5.41, 5.74) is -0.190. The Hall–Kier alpha value is -3.24. The second-order valence-electron chi connectivity index (χ2n) is 4.54. The lowest BCUT2D eigenvalue weighted by Crippen LogP contribution is -2.31. The molecule has 2 aromatic rings. The normalized spacial score (nSPS) is 11.6. The van der Waals surface area contributed by atoms with Gasteiger partial charge in [-0.3, -0.25) is 14.6 Å². The van der Waals surface area contributed by atoms with E-state index in [9.17, 15) is 27.6 Å². The van der Waals surface area contributed by atoms with E-state index in [-0.39, 0.29) is 5.69 Å². The Morgan fingerprint density at radius 1 is 1.25 bits per heavy atom. The van der Waals surface area contributed by atoms with Crippen molar-refractivity contribution in [3.05, 3.63) is 61.9 Å². The lowest BCUT2D eigenvalue weighted by molar-refractivity contribution is -0.137. The van der Waals surface area contributed by atoms with Gasteiger partial charge in [0.05, 0.1) is 18.2 Å². The van der Waals surface area contributed by atoms with Gasteiger partial charge in [-0.1, -0.05) is 12.1 Å². The topological polar surface area (TPSA) is 120 Å². The van der Waals surface area contributed by atoms with Gasteiger partial charge in [-0.25, -0.2) is 15.3 Å². The molecule has 0 aliphatic carbocycles. The van der Waals surface area contributed by atoms with Gasteiger partial charge in [0.15, 0.2) is 0 Å². The van der Waals surface area contributed by atoms with E-state index in [4.69, 9.17) is 0 Å². The minimum absolute atomic E-state index is 0.211. The zero-order valence-electron chi connectivity index (χ0n) is 11.8. The lowest BCUT2D eigenvalue weighted by Gasteiger charge is -2.05. The highest BCUT2D eigenvalue weighted by Gasteiger charge is 2.29. The van der Waals surface area contributed by atoms with Crippen molar-refractivity contribution in [2.45, 2.75) is 12.6 Å². The molecular formula is C13H10F3N5O3. The molecule has 2 rings (SSSR count). The largest absolute Gasteiger partial charge is 0.416 e. The van der Waals surface area contributed by atoms with Crippen LogP contribution in [0.2, 0.25) is 0 Å². The number of halogens is 3. The molecule has 0 aliphatic rings. The van der Waals surface area contributed by atoms with Gasteiger partial charge in [0.25, 0.3) is 5.56 Å². The number of hydrazone groups is 1. The minimum atomic E-state index is -4.43. The van der Waals surface area contributed by atoms with Gasteiger partial charge in [0.2, 0.25) is 5.91 Å². The molecule has 1 aromatic carbocycles. The first-order valence-corrected chi connectivity index (χ1v) is 6.43. The van der Waals surface area contributed by atoms with Gasteiger partial charge in [-0.2, -0.15) is 23.4 Å². The summed E-state index contributed by atoms with van der Waals surface area (Å²) in [6.07, 6.45) is -3.72. The number of rotatable bonds is 4. The maximum absolute atomic E-state index is 12.4. The highest BCUT2D eigenvalue weighted by molar-refractivity contribution is 5.83. The number of carbonyl (C=O) groups excluding carboxylic acids is 1. The summed E-state index contributed by atoms with van der Waals surface area (Å²) >= 11 is 0. The van der Waals surface area contributed by atoms with Crippen molar-refractivity contribution < 1.29 is 18.0 Å². The van der Waals surface area contributed by atoms with E-state index in [2.05, 4.69) is 15.6 Å². The Kier molecular flexibility index (Phi) is 4.92. The van der Waals surface area contributed by atoms with Crippen LogP contribution in [0, 0.1) is 0 Å². The van der Waals surface area contributed by atoms with Crippen molar-refractivity contribution in [2.24, 2.45) is 5.10 Å². The van der Waals surface area contributed by atoms with Crippen LogP contribution < -0.4 is 16.7 Å². The molecule has 126 valence electrons. The Morgan fingerprint density at radius 3 is 2.50 bits per heavy atom. The van der Waals surface area contributed by atoms with Crippen molar-refractivity contribution in [1.29, 1.82) is 0 Å². The molecule has 1 amide bonds. The fourth-order valence-electron chi connectivity index (χ4n) is 1.62. The number of hydrogen-bond donors (Lipinski definition) is 3. The Balaban J connectivity index is 1.95. The first-order valence-electron chi connectivity index (χ1n) is 6.43. The predicted octanol–water partition coefficient (Wildman–Crippen LogP) is 0.170. The van der Waals surface area contributed by atoms with E-state index in [1.165, 1.54) is 12.1 Å². The molecule has 0 aliphatic heterocycles. The number of aromatic amines is 2. The van der Waals surface area contributed by atoms with Crippen LogP contribution in [-0.4, -0.2) is 27.3 Å². The fraction of sp³-hybridized carbons (Fsp3) is 0.154. The van der Waals surface area contributed by atoms with E-state index < -0.39 is 35.3 Å². The predicted molar refractivity (Wildman–Crippen MR) is 76.4 cm³/mol. The molecule has 0 saturated heterocycles. The number of nitrogens with zero attached hydrogens (tertiary/aromatic N) is 2. The van der Waals surface area contributed by atoms with Gasteiger partial charge >= 0.3 is 11.9 Å². The van der Waals surface area contributed by atoms with Gasteiger partial charge < -0.3 is 0 Å². The molecule has 8 nitrogen and oxygen atoms in total. The van der Waals surface area contributed by atoms with E-state index in [1.807, 2.05) is 10.1 Å². The van der Waals surface area contributed by atoms with Crippen molar-refractivity contribution in [3.63, 3.8) is 0 Å². The summed E-state index contributed by atoms with van der Waals surface area (Å²) < 4.78 is 37.2. The van der Waals surface area contributed by atoms with Crippen LogP contribution in [0.3, 0.4) is 0 Å². The summed E-state index contributed by atoms with van der Waals surface area (Å²) in [6, 6.07) is 4.14. The summed E-state index contributed by atoms with van der Waals surface area (Å²) in [5, 5.41) is 8.95. The molecular weight excluding hydrogens is 331 g/mol. The van der Waals surface area contributed by atoms with E-state index >= 15 is 0 Å². The molecule has 1 aromatic heterocycles. The first-order chi connectivity index (χ1) is 11.3. The highest BCUT2D eigenvalue weighted by atomic mass is 19.4. The number of amides is 1. The van der Waals surface area contributed by atoms with E-state index in [0.717, 1.165) is 18.3 Å². The van der Waals surface area contributed by atoms with Gasteiger partial charge in [-0.15, -0.1) is 0 Å². The molecule has 0 spiro atoms. The van der Waals surface area contributed by atoms with Gasteiger partial charge in [0.1, 0.15) is 5.69 Å². The second kappa shape index (κ2) is 6.89. The molecule has 0 bridgehead atoms. The third kappa shape index (κ3) is 4.63. The van der Waals surface area contributed by atoms with Crippen LogP contribution in [0.15, 0.2) is 39.0 Å². The number of hydrogen-bond acceptors (Lipinski definition) is 5. The zero-order valence-corrected chi connectivity index (χ0v) is 11.8. The van der Waals surface area contributed by atoms with E-state index in [0.29, 0.717) is 5.56 Å². The van der Waals surface area contributed by atoms with Crippen LogP contribution >= 0.6 is 0 Å². The molecule has 0 radical (unpaired) electrons. The van der Waals surface area contributed by atoms with Gasteiger partial charge in [0, 0.05) is 0 Å². The number of H-pyrrole nitrogens is 2. The van der Waals surface area contributed by atoms with Crippen molar-refractivity contribution in [2.75, 3.05) is 0 Å².